The maximum atomic E-state index is 14.4. The summed E-state index contributed by atoms with van der Waals surface area (Å²) in [5.74, 6) is -3.33. The summed E-state index contributed by atoms with van der Waals surface area (Å²) in [6, 6.07) is -0.0427. The minimum atomic E-state index is -4.69. The number of ketones is 2. The monoisotopic (exact) mass is 601 g/mol. The average molecular weight is 602 g/mol. The van der Waals surface area contributed by atoms with Crippen molar-refractivity contribution in [1.29, 1.82) is 0 Å². The summed E-state index contributed by atoms with van der Waals surface area (Å²) in [7, 11) is 3.88. The Balaban J connectivity index is 1.44. The van der Waals surface area contributed by atoms with Crippen LogP contribution in [0.2, 0.25) is 0 Å². The molecule has 11 heteroatoms. The standard InChI is InChI=1S/C31H46F3NO7/c1-14(36)22-21(37)13-29(2)12-16-10-19-20(35(4)5)11-18(15-6-8-17(9-7-15)42-31(32,33)34)25(38)24(19)26(39)23(16)28(41)30(29,3)27(22)40/h14-20,23-25,28,36,38,40-41H,6-13H2,1-5H3/t14?,15?,16-,17?,18?,19?,20?,23?,24?,25?,28?,29-,30-/m0/s1. The third kappa shape index (κ3) is 4.95. The summed E-state index contributed by atoms with van der Waals surface area (Å²) >= 11 is 0. The highest BCUT2D eigenvalue weighted by atomic mass is 19.4. The second kappa shape index (κ2) is 10.8. The first-order chi connectivity index (χ1) is 19.4. The summed E-state index contributed by atoms with van der Waals surface area (Å²) in [4.78, 5) is 29.5. The Morgan fingerprint density at radius 3 is 2.14 bits per heavy atom. The lowest BCUT2D eigenvalue weighted by molar-refractivity contribution is -0.346. The lowest BCUT2D eigenvalue weighted by Crippen LogP contribution is -2.67. The summed E-state index contributed by atoms with van der Waals surface area (Å²) in [5.41, 5.74) is -2.29. The maximum absolute atomic E-state index is 14.4. The Bertz CT molecular complexity index is 1120. The maximum Gasteiger partial charge on any atom is 0.522 e. The third-order valence-electron chi connectivity index (χ3n) is 12.2. The lowest BCUT2D eigenvalue weighted by atomic mass is 9.42. The van der Waals surface area contributed by atoms with Gasteiger partial charge in [0.15, 0.2) is 5.78 Å². The van der Waals surface area contributed by atoms with E-state index >= 15 is 0 Å². The summed E-state index contributed by atoms with van der Waals surface area (Å²) in [5, 5.41) is 45.4. The molecule has 238 valence electrons. The summed E-state index contributed by atoms with van der Waals surface area (Å²) in [6.45, 7) is 4.93. The van der Waals surface area contributed by atoms with Crippen molar-refractivity contribution in [3.8, 4) is 0 Å². The molecule has 11 atom stereocenters. The molecule has 0 saturated heterocycles. The number of aliphatic hydroxyl groups is 4. The highest BCUT2D eigenvalue weighted by Crippen LogP contribution is 2.65. The van der Waals surface area contributed by atoms with Gasteiger partial charge in [0.05, 0.1) is 35.4 Å². The van der Waals surface area contributed by atoms with Crippen LogP contribution in [-0.2, 0) is 14.3 Å². The number of Topliss-reactive ketones (excluding diaryl/α,β-unsaturated/α-hetero) is 2. The molecule has 42 heavy (non-hydrogen) atoms. The second-order valence-corrected chi connectivity index (χ2v) is 14.6. The molecule has 4 saturated carbocycles. The first kappa shape index (κ1) is 31.9. The number of aliphatic hydroxyl groups excluding tert-OH is 4. The number of hydrogen-bond acceptors (Lipinski definition) is 8. The largest absolute Gasteiger partial charge is 0.522 e. The Labute approximate surface area is 245 Å². The Morgan fingerprint density at radius 1 is 0.976 bits per heavy atom. The van der Waals surface area contributed by atoms with Gasteiger partial charge in [-0.1, -0.05) is 6.92 Å². The molecule has 0 aliphatic heterocycles. The molecule has 0 aromatic carbocycles. The summed E-state index contributed by atoms with van der Waals surface area (Å²) < 4.78 is 42.6. The van der Waals surface area contributed by atoms with E-state index in [1.807, 2.05) is 21.0 Å². The van der Waals surface area contributed by atoms with Crippen LogP contribution in [0.15, 0.2) is 11.3 Å². The van der Waals surface area contributed by atoms with Crippen molar-refractivity contribution in [1.82, 2.24) is 4.90 Å². The predicted octanol–water partition coefficient (Wildman–Crippen LogP) is 3.77. The van der Waals surface area contributed by atoms with Crippen molar-refractivity contribution in [2.45, 2.75) is 109 Å². The number of fused-ring (bicyclic) bond motifs is 3. The predicted molar refractivity (Wildman–Crippen MR) is 146 cm³/mol. The fourth-order valence-electron chi connectivity index (χ4n) is 9.98. The van der Waals surface area contributed by atoms with E-state index in [4.69, 9.17) is 0 Å². The van der Waals surface area contributed by atoms with Gasteiger partial charge in [-0.2, -0.15) is 0 Å². The number of ether oxygens (including phenoxy) is 1. The first-order valence-corrected chi connectivity index (χ1v) is 15.4. The molecule has 4 N–H and O–H groups in total. The first-order valence-electron chi connectivity index (χ1n) is 15.4. The van der Waals surface area contributed by atoms with Gasteiger partial charge in [0.25, 0.3) is 0 Å². The molecule has 0 aromatic heterocycles. The van der Waals surface area contributed by atoms with E-state index in [9.17, 15) is 43.2 Å². The van der Waals surface area contributed by atoms with Crippen molar-refractivity contribution in [3.63, 3.8) is 0 Å². The molecule has 5 aliphatic carbocycles. The number of carbonyl (C=O) groups is 2. The van der Waals surface area contributed by atoms with Gasteiger partial charge < -0.3 is 25.3 Å². The van der Waals surface area contributed by atoms with E-state index in [0.29, 0.717) is 32.1 Å². The SMILES string of the molecule is CC(O)C1=C(O)[C@@]2(C)C(O)C3C(=O)C4C(O)C(C5CCC(OC(F)(F)F)CC5)CC(N(C)C)C4C[C@H]3C[C@@]2(C)CC1=O. The second-order valence-electron chi connectivity index (χ2n) is 14.6. The fourth-order valence-corrected chi connectivity index (χ4v) is 9.98. The number of alkyl halides is 3. The van der Waals surface area contributed by atoms with Crippen LogP contribution in [-0.4, -0.2) is 87.8 Å². The zero-order chi connectivity index (χ0) is 31.1. The number of nitrogens with zero attached hydrogens (tertiary/aromatic N) is 1. The van der Waals surface area contributed by atoms with Crippen LogP contribution in [0.1, 0.15) is 72.1 Å². The Hall–Kier alpha value is -1.53. The van der Waals surface area contributed by atoms with Crippen molar-refractivity contribution in [2.75, 3.05) is 14.1 Å². The summed E-state index contributed by atoms with van der Waals surface area (Å²) in [6.07, 6.45) is -6.07. The Morgan fingerprint density at radius 2 is 1.60 bits per heavy atom. The van der Waals surface area contributed by atoms with Gasteiger partial charge in [-0.25, -0.2) is 0 Å². The molecule has 0 aromatic rings. The quantitative estimate of drug-likeness (QED) is 0.384. The molecule has 5 aliphatic rings. The third-order valence-corrected chi connectivity index (χ3v) is 12.2. The smallest absolute Gasteiger partial charge is 0.511 e. The van der Waals surface area contributed by atoms with Gasteiger partial charge in [-0.15, -0.1) is 13.2 Å². The molecule has 4 fully saturated rings. The highest BCUT2D eigenvalue weighted by Gasteiger charge is 2.68. The van der Waals surface area contributed by atoms with Gasteiger partial charge in [0.1, 0.15) is 11.5 Å². The van der Waals surface area contributed by atoms with E-state index in [1.165, 1.54) is 6.92 Å². The molecule has 0 amide bonds. The van der Waals surface area contributed by atoms with Crippen molar-refractivity contribution < 1.29 is 47.9 Å². The van der Waals surface area contributed by atoms with Crippen LogP contribution in [0, 0.1) is 46.3 Å². The zero-order valence-electron chi connectivity index (χ0n) is 25.1. The molecule has 0 bridgehead atoms. The lowest BCUT2D eigenvalue weighted by Gasteiger charge is -2.63. The van der Waals surface area contributed by atoms with Crippen LogP contribution >= 0.6 is 0 Å². The van der Waals surface area contributed by atoms with Crippen LogP contribution in [0.25, 0.3) is 0 Å². The normalized spacial score (nSPS) is 47.1. The number of rotatable bonds is 4. The molecule has 8 nitrogen and oxygen atoms in total. The minimum Gasteiger partial charge on any atom is -0.511 e. The van der Waals surface area contributed by atoms with Gasteiger partial charge in [-0.3, -0.25) is 14.3 Å². The van der Waals surface area contributed by atoms with Gasteiger partial charge >= 0.3 is 6.36 Å². The van der Waals surface area contributed by atoms with Gasteiger partial charge in [-0.05, 0) is 102 Å². The van der Waals surface area contributed by atoms with Crippen LogP contribution in [0.4, 0.5) is 13.2 Å². The van der Waals surface area contributed by atoms with E-state index < -0.39 is 53.4 Å². The zero-order valence-corrected chi connectivity index (χ0v) is 25.1. The highest BCUT2D eigenvalue weighted by molar-refractivity contribution is 5.99. The van der Waals surface area contributed by atoms with E-state index in [-0.39, 0.29) is 71.9 Å². The van der Waals surface area contributed by atoms with E-state index in [0.717, 1.165) is 0 Å². The van der Waals surface area contributed by atoms with Crippen molar-refractivity contribution in [2.24, 2.45) is 46.3 Å². The molecular formula is C31H46F3NO7. The molecule has 5 rings (SSSR count). The van der Waals surface area contributed by atoms with Crippen molar-refractivity contribution >= 4 is 11.6 Å². The number of halogens is 3. The van der Waals surface area contributed by atoms with E-state index in [2.05, 4.69) is 9.64 Å². The number of hydrogen-bond donors (Lipinski definition) is 4. The molecule has 0 heterocycles. The molecular weight excluding hydrogens is 555 g/mol. The number of carbonyl (C=O) groups excluding carboxylic acids is 2. The molecule has 8 unspecified atom stereocenters. The average Bonchev–Trinajstić information content (AvgIpc) is 2.85. The molecule has 0 radical (unpaired) electrons. The van der Waals surface area contributed by atoms with Gasteiger partial charge in [0, 0.05) is 24.3 Å². The van der Waals surface area contributed by atoms with Gasteiger partial charge in [0.2, 0.25) is 0 Å². The minimum absolute atomic E-state index is 0.0406. The fraction of sp³-hybridized carbons (Fsp3) is 0.871. The topological polar surface area (TPSA) is 128 Å². The Kier molecular flexibility index (Phi) is 8.21. The van der Waals surface area contributed by atoms with E-state index in [1.54, 1.807) is 6.92 Å². The van der Waals surface area contributed by atoms with Crippen LogP contribution in [0.3, 0.4) is 0 Å². The van der Waals surface area contributed by atoms with Crippen LogP contribution in [0.5, 0.6) is 0 Å². The molecule has 0 spiro atoms. The van der Waals surface area contributed by atoms with Crippen molar-refractivity contribution in [3.05, 3.63) is 11.3 Å². The van der Waals surface area contributed by atoms with Crippen LogP contribution < -0.4 is 0 Å².